The van der Waals surface area contributed by atoms with Gasteiger partial charge in [0.1, 0.15) is 5.82 Å². The molecular formula is C17H21N5O3. The minimum absolute atomic E-state index is 0.331. The Bertz CT molecular complexity index is 851. The van der Waals surface area contributed by atoms with Crippen molar-refractivity contribution in [1.82, 2.24) is 19.7 Å². The zero-order chi connectivity index (χ0) is 18.5. The molecule has 2 atom stereocenters. The Morgan fingerprint density at radius 3 is 2.20 bits per heavy atom. The number of hydrogen-bond acceptors (Lipinski definition) is 5. The van der Waals surface area contributed by atoms with Crippen LogP contribution in [0.25, 0.3) is 5.95 Å². The molecule has 0 aliphatic heterocycles. The monoisotopic (exact) mass is 343 g/mol. The van der Waals surface area contributed by atoms with Gasteiger partial charge in [0.15, 0.2) is 0 Å². The smallest absolute Gasteiger partial charge is 0.307 e. The summed E-state index contributed by atoms with van der Waals surface area (Å²) in [6.07, 6.45) is 0. The Morgan fingerprint density at radius 1 is 1.08 bits per heavy atom. The number of amides is 1. The van der Waals surface area contributed by atoms with Gasteiger partial charge in [-0.3, -0.25) is 9.59 Å². The molecule has 1 aliphatic rings. The van der Waals surface area contributed by atoms with Crippen LogP contribution >= 0.6 is 0 Å². The Labute approximate surface area is 145 Å². The first-order valence-electron chi connectivity index (χ1n) is 8.04. The fraction of sp³-hybridized carbons (Fsp3) is 0.471. The number of nitrogens with one attached hydrogen (secondary N) is 1. The van der Waals surface area contributed by atoms with Crippen molar-refractivity contribution in [3.05, 3.63) is 29.2 Å². The van der Waals surface area contributed by atoms with E-state index in [9.17, 15) is 14.7 Å². The highest BCUT2D eigenvalue weighted by Crippen LogP contribution is 2.58. The average molecular weight is 343 g/mol. The fourth-order valence-corrected chi connectivity index (χ4v) is 3.33. The molecule has 2 aromatic rings. The van der Waals surface area contributed by atoms with E-state index in [2.05, 4.69) is 20.4 Å². The van der Waals surface area contributed by atoms with Gasteiger partial charge < -0.3 is 10.4 Å². The van der Waals surface area contributed by atoms with Crippen molar-refractivity contribution in [2.24, 2.45) is 17.3 Å². The van der Waals surface area contributed by atoms with Gasteiger partial charge in [0.2, 0.25) is 5.91 Å². The molecule has 8 nitrogen and oxygen atoms in total. The van der Waals surface area contributed by atoms with Crippen molar-refractivity contribution < 1.29 is 14.7 Å². The Hall–Kier alpha value is -2.77. The summed E-state index contributed by atoms with van der Waals surface area (Å²) in [7, 11) is 0. The SMILES string of the molecule is Cc1cc(C)nc(-n2nc(C)cc2NC(=O)[C@H]2[C@@H](C(=O)O)C2(C)C)n1. The van der Waals surface area contributed by atoms with Crippen LogP contribution < -0.4 is 5.32 Å². The molecule has 8 heteroatoms. The van der Waals surface area contributed by atoms with Crippen LogP contribution in [-0.4, -0.2) is 36.7 Å². The lowest BCUT2D eigenvalue weighted by molar-refractivity contribution is -0.140. The van der Waals surface area contributed by atoms with E-state index in [1.54, 1.807) is 26.8 Å². The predicted molar refractivity (Wildman–Crippen MR) is 90.4 cm³/mol. The number of aliphatic carboxylic acids is 1. The Kier molecular flexibility index (Phi) is 3.85. The topological polar surface area (TPSA) is 110 Å². The van der Waals surface area contributed by atoms with Crippen molar-refractivity contribution in [2.45, 2.75) is 34.6 Å². The van der Waals surface area contributed by atoms with E-state index in [1.807, 2.05) is 19.9 Å². The third-order valence-electron chi connectivity index (χ3n) is 4.62. The van der Waals surface area contributed by atoms with Crippen molar-refractivity contribution in [3.8, 4) is 5.95 Å². The summed E-state index contributed by atoms with van der Waals surface area (Å²) >= 11 is 0. The minimum Gasteiger partial charge on any atom is -0.481 e. The second-order valence-corrected chi connectivity index (χ2v) is 7.14. The van der Waals surface area contributed by atoms with Crippen molar-refractivity contribution >= 4 is 17.7 Å². The quantitative estimate of drug-likeness (QED) is 0.877. The molecule has 2 heterocycles. The number of aromatic nitrogens is 4. The molecule has 2 aromatic heterocycles. The predicted octanol–water partition coefficient (Wildman–Crippen LogP) is 1.88. The molecular weight excluding hydrogens is 322 g/mol. The maximum Gasteiger partial charge on any atom is 0.307 e. The first kappa shape index (κ1) is 17.1. The zero-order valence-electron chi connectivity index (χ0n) is 14.9. The second-order valence-electron chi connectivity index (χ2n) is 7.14. The molecule has 0 bridgehead atoms. The molecule has 1 fully saturated rings. The number of hydrogen-bond donors (Lipinski definition) is 2. The van der Waals surface area contributed by atoms with Gasteiger partial charge >= 0.3 is 5.97 Å². The molecule has 3 rings (SSSR count). The number of carbonyl (C=O) groups is 2. The van der Waals surface area contributed by atoms with Gasteiger partial charge in [-0.15, -0.1) is 0 Å². The van der Waals surface area contributed by atoms with E-state index in [1.165, 1.54) is 4.68 Å². The molecule has 1 saturated carbocycles. The van der Waals surface area contributed by atoms with Crippen LogP contribution in [0.3, 0.4) is 0 Å². The lowest BCUT2D eigenvalue weighted by Gasteiger charge is -2.09. The number of carboxylic acid groups (broad SMARTS) is 1. The third-order valence-corrected chi connectivity index (χ3v) is 4.62. The van der Waals surface area contributed by atoms with E-state index in [0.717, 1.165) is 11.4 Å². The normalized spacial score (nSPS) is 21.0. The molecule has 25 heavy (non-hydrogen) atoms. The van der Waals surface area contributed by atoms with Gasteiger partial charge in [-0.25, -0.2) is 9.97 Å². The fourth-order valence-electron chi connectivity index (χ4n) is 3.33. The molecule has 0 radical (unpaired) electrons. The molecule has 132 valence electrons. The molecule has 0 saturated heterocycles. The van der Waals surface area contributed by atoms with E-state index >= 15 is 0 Å². The molecule has 1 amide bonds. The summed E-state index contributed by atoms with van der Waals surface area (Å²) < 4.78 is 1.47. The number of nitrogens with zero attached hydrogens (tertiary/aromatic N) is 4. The second kappa shape index (κ2) is 5.65. The summed E-state index contributed by atoms with van der Waals surface area (Å²) in [5.74, 6) is -1.74. The van der Waals surface area contributed by atoms with Crippen LogP contribution in [0, 0.1) is 38.0 Å². The van der Waals surface area contributed by atoms with Crippen LogP contribution in [0.1, 0.15) is 30.9 Å². The molecule has 1 aliphatic carbocycles. The van der Waals surface area contributed by atoms with Crippen molar-refractivity contribution in [3.63, 3.8) is 0 Å². The van der Waals surface area contributed by atoms with Gasteiger partial charge in [0, 0.05) is 17.5 Å². The van der Waals surface area contributed by atoms with E-state index in [4.69, 9.17) is 0 Å². The summed E-state index contributed by atoms with van der Waals surface area (Å²) in [4.78, 5) is 32.6. The maximum absolute atomic E-state index is 12.6. The standard InChI is InChI=1S/C17H21N5O3/c1-8-6-9(2)19-16(18-8)22-11(7-10(3)21-22)20-14(23)12-13(15(24)25)17(12,4)5/h6-7,12-13H,1-5H3,(H,20,23)(H,24,25)/t12-,13+/m1/s1. The van der Waals surface area contributed by atoms with Gasteiger partial charge in [-0.2, -0.15) is 9.78 Å². The van der Waals surface area contributed by atoms with Gasteiger partial charge in [0.25, 0.3) is 5.95 Å². The molecule has 2 N–H and O–H groups in total. The average Bonchev–Trinajstić information content (AvgIpc) is 2.87. The van der Waals surface area contributed by atoms with Crippen molar-refractivity contribution in [1.29, 1.82) is 0 Å². The number of carboxylic acids is 1. The van der Waals surface area contributed by atoms with Gasteiger partial charge in [-0.1, -0.05) is 13.8 Å². The lowest BCUT2D eigenvalue weighted by atomic mass is 10.1. The molecule has 0 aromatic carbocycles. The summed E-state index contributed by atoms with van der Waals surface area (Å²) in [6, 6.07) is 3.56. The minimum atomic E-state index is -0.951. The molecule has 0 unspecified atom stereocenters. The van der Waals surface area contributed by atoms with Crippen LogP contribution in [0.5, 0.6) is 0 Å². The van der Waals surface area contributed by atoms with Crippen molar-refractivity contribution in [2.75, 3.05) is 5.32 Å². The number of carbonyl (C=O) groups excluding carboxylic acids is 1. The van der Waals surface area contributed by atoms with Gasteiger partial charge in [-0.05, 0) is 32.3 Å². The van der Waals surface area contributed by atoms with E-state index < -0.39 is 23.2 Å². The van der Waals surface area contributed by atoms with Crippen LogP contribution in [0.15, 0.2) is 12.1 Å². The highest BCUT2D eigenvalue weighted by molar-refractivity contribution is 5.99. The Balaban J connectivity index is 1.90. The highest BCUT2D eigenvalue weighted by atomic mass is 16.4. The Morgan fingerprint density at radius 2 is 1.68 bits per heavy atom. The summed E-state index contributed by atoms with van der Waals surface area (Å²) in [5, 5.41) is 16.4. The maximum atomic E-state index is 12.6. The molecule has 0 spiro atoms. The largest absolute Gasteiger partial charge is 0.481 e. The van der Waals surface area contributed by atoms with Gasteiger partial charge in [0.05, 0.1) is 17.5 Å². The highest BCUT2D eigenvalue weighted by Gasteiger charge is 2.66. The summed E-state index contributed by atoms with van der Waals surface area (Å²) in [6.45, 7) is 9.08. The van der Waals surface area contributed by atoms with Crippen LogP contribution in [-0.2, 0) is 9.59 Å². The first-order valence-corrected chi connectivity index (χ1v) is 8.04. The zero-order valence-corrected chi connectivity index (χ0v) is 14.9. The third kappa shape index (κ3) is 2.99. The number of rotatable bonds is 4. The number of anilines is 1. The van der Waals surface area contributed by atoms with Crippen LogP contribution in [0.2, 0.25) is 0 Å². The first-order chi connectivity index (χ1) is 11.6. The van der Waals surface area contributed by atoms with Crippen LogP contribution in [0.4, 0.5) is 5.82 Å². The summed E-state index contributed by atoms with van der Waals surface area (Å²) in [5.41, 5.74) is 1.72. The van der Waals surface area contributed by atoms with E-state index in [0.29, 0.717) is 17.5 Å². The number of aryl methyl sites for hydroxylation is 3. The van der Waals surface area contributed by atoms with E-state index in [-0.39, 0.29) is 5.91 Å². The lowest BCUT2D eigenvalue weighted by Crippen LogP contribution is -2.20.